The Kier molecular flexibility index (Phi) is 7.53. The molecule has 1 aliphatic carbocycles. The van der Waals surface area contributed by atoms with Crippen molar-refractivity contribution in [3.63, 3.8) is 0 Å². The molecule has 2 aromatic carbocycles. The van der Waals surface area contributed by atoms with Crippen LogP contribution in [-0.2, 0) is 14.3 Å². The van der Waals surface area contributed by atoms with Crippen molar-refractivity contribution in [1.82, 2.24) is 10.6 Å². The number of allylic oxidation sites excluding steroid dienone is 1. The van der Waals surface area contributed by atoms with Crippen molar-refractivity contribution < 1.29 is 24.2 Å². The van der Waals surface area contributed by atoms with Crippen LogP contribution in [0.15, 0.2) is 61.2 Å². The number of fused-ring (bicyclic) bond motifs is 3. The Morgan fingerprint density at radius 2 is 1.67 bits per heavy atom. The molecule has 7 nitrogen and oxygen atoms in total. The number of aliphatic carboxylic acids is 1. The Bertz CT molecular complexity index is 1000. The molecule has 0 saturated heterocycles. The van der Waals surface area contributed by atoms with E-state index >= 15 is 0 Å². The molecule has 174 valence electrons. The summed E-state index contributed by atoms with van der Waals surface area (Å²) in [7, 11) is 0. The van der Waals surface area contributed by atoms with Gasteiger partial charge in [-0.15, -0.1) is 6.58 Å². The Balaban J connectivity index is 1.61. The zero-order chi connectivity index (χ0) is 24.0. The van der Waals surface area contributed by atoms with E-state index in [2.05, 4.69) is 17.2 Å². The predicted molar refractivity (Wildman–Crippen MR) is 126 cm³/mol. The Hall–Kier alpha value is -3.61. The van der Waals surface area contributed by atoms with Crippen molar-refractivity contribution in [2.45, 2.75) is 38.6 Å². The van der Waals surface area contributed by atoms with Crippen LogP contribution in [0.5, 0.6) is 0 Å². The van der Waals surface area contributed by atoms with Crippen LogP contribution in [0.25, 0.3) is 11.1 Å². The van der Waals surface area contributed by atoms with Crippen molar-refractivity contribution in [3.8, 4) is 11.1 Å². The minimum Gasteiger partial charge on any atom is -0.481 e. The molecule has 0 saturated carbocycles. The zero-order valence-electron chi connectivity index (χ0n) is 19.0. The standard InChI is InChI=1S/C26H30N2O5/c1-4-26(2,3)13-14-27-24(31)22(15-23(29)30)28-25(32)33-16-21-19-11-7-5-9-17(19)18-10-6-8-12-20(18)21/h4-12,21-22H,1,13-16H2,2-3H3,(H,27,31)(H,28,32)(H,29,30). The van der Waals surface area contributed by atoms with Crippen LogP contribution in [0, 0.1) is 5.41 Å². The summed E-state index contributed by atoms with van der Waals surface area (Å²) in [6.45, 7) is 8.14. The highest BCUT2D eigenvalue weighted by Gasteiger charge is 2.30. The van der Waals surface area contributed by atoms with E-state index < -0.39 is 30.4 Å². The molecular formula is C26H30N2O5. The quantitative estimate of drug-likeness (QED) is 0.473. The van der Waals surface area contributed by atoms with Crippen LogP contribution in [0.1, 0.15) is 43.7 Å². The van der Waals surface area contributed by atoms with Gasteiger partial charge in [0.2, 0.25) is 5.91 Å². The summed E-state index contributed by atoms with van der Waals surface area (Å²) in [6.07, 6.45) is 1.06. The number of hydrogen-bond donors (Lipinski definition) is 3. The molecule has 0 aliphatic heterocycles. The van der Waals surface area contributed by atoms with Gasteiger partial charge in [-0.05, 0) is 34.1 Å². The van der Waals surface area contributed by atoms with E-state index in [0.29, 0.717) is 13.0 Å². The molecule has 0 fully saturated rings. The molecule has 1 atom stereocenters. The Morgan fingerprint density at radius 1 is 1.09 bits per heavy atom. The van der Waals surface area contributed by atoms with Crippen LogP contribution in [-0.4, -0.2) is 42.3 Å². The van der Waals surface area contributed by atoms with Crippen molar-refractivity contribution in [1.29, 1.82) is 0 Å². The lowest BCUT2D eigenvalue weighted by molar-refractivity contribution is -0.139. The van der Waals surface area contributed by atoms with Gasteiger partial charge in [0.05, 0.1) is 6.42 Å². The lowest BCUT2D eigenvalue weighted by Gasteiger charge is -2.22. The van der Waals surface area contributed by atoms with Crippen LogP contribution in [0.2, 0.25) is 0 Å². The smallest absolute Gasteiger partial charge is 0.407 e. The number of carbonyl (C=O) groups excluding carboxylic acids is 2. The number of nitrogens with one attached hydrogen (secondary N) is 2. The number of benzene rings is 2. The number of amides is 2. The van der Waals surface area contributed by atoms with Gasteiger partial charge in [-0.3, -0.25) is 9.59 Å². The number of hydrogen-bond acceptors (Lipinski definition) is 4. The van der Waals surface area contributed by atoms with E-state index in [0.717, 1.165) is 22.3 Å². The third-order valence-corrected chi connectivity index (χ3v) is 5.95. The lowest BCUT2D eigenvalue weighted by atomic mass is 9.90. The molecule has 0 radical (unpaired) electrons. The van der Waals surface area contributed by atoms with Crippen molar-refractivity contribution >= 4 is 18.0 Å². The van der Waals surface area contributed by atoms with E-state index in [1.54, 1.807) is 6.08 Å². The molecule has 2 aromatic rings. The second kappa shape index (κ2) is 10.3. The molecule has 0 aromatic heterocycles. The number of carboxylic acid groups (broad SMARTS) is 1. The van der Waals surface area contributed by atoms with Crippen molar-refractivity contribution in [3.05, 3.63) is 72.3 Å². The van der Waals surface area contributed by atoms with E-state index in [-0.39, 0.29) is 17.9 Å². The summed E-state index contributed by atoms with van der Waals surface area (Å²) in [5.74, 6) is -1.89. The third-order valence-electron chi connectivity index (χ3n) is 5.95. The molecule has 2 amide bonds. The first-order valence-corrected chi connectivity index (χ1v) is 11.0. The molecular weight excluding hydrogens is 420 g/mol. The van der Waals surface area contributed by atoms with Gasteiger partial charge < -0.3 is 20.5 Å². The predicted octanol–water partition coefficient (Wildman–Crippen LogP) is 4.09. The van der Waals surface area contributed by atoms with E-state index in [9.17, 15) is 19.5 Å². The maximum absolute atomic E-state index is 12.5. The summed E-state index contributed by atoms with van der Waals surface area (Å²) in [5.41, 5.74) is 4.17. The number of ether oxygens (including phenoxy) is 1. The van der Waals surface area contributed by atoms with E-state index in [1.165, 1.54) is 0 Å². The van der Waals surface area contributed by atoms with Gasteiger partial charge in [0.25, 0.3) is 0 Å². The fraction of sp³-hybridized carbons (Fsp3) is 0.346. The van der Waals surface area contributed by atoms with Gasteiger partial charge >= 0.3 is 12.1 Å². The van der Waals surface area contributed by atoms with Crippen molar-refractivity contribution in [2.75, 3.05) is 13.2 Å². The van der Waals surface area contributed by atoms with Crippen LogP contribution >= 0.6 is 0 Å². The van der Waals surface area contributed by atoms with E-state index in [1.807, 2.05) is 62.4 Å². The number of carboxylic acids is 1. The molecule has 0 heterocycles. The topological polar surface area (TPSA) is 105 Å². The summed E-state index contributed by atoms with van der Waals surface area (Å²) in [6, 6.07) is 14.7. The number of rotatable bonds is 10. The van der Waals surface area contributed by atoms with Crippen LogP contribution in [0.4, 0.5) is 4.79 Å². The molecule has 33 heavy (non-hydrogen) atoms. The number of carbonyl (C=O) groups is 3. The maximum Gasteiger partial charge on any atom is 0.407 e. The average Bonchev–Trinajstić information content (AvgIpc) is 3.10. The summed E-state index contributed by atoms with van der Waals surface area (Å²) < 4.78 is 5.44. The minimum absolute atomic E-state index is 0.0782. The van der Waals surface area contributed by atoms with Gasteiger partial charge in [-0.25, -0.2) is 4.79 Å². The van der Waals surface area contributed by atoms with Crippen LogP contribution in [0.3, 0.4) is 0 Å². The fourth-order valence-corrected chi connectivity index (χ4v) is 3.90. The van der Waals surface area contributed by atoms with E-state index in [4.69, 9.17) is 4.74 Å². The monoisotopic (exact) mass is 450 g/mol. The fourth-order valence-electron chi connectivity index (χ4n) is 3.90. The normalized spacial score (nSPS) is 13.4. The summed E-state index contributed by atoms with van der Waals surface area (Å²) in [4.78, 5) is 36.2. The Labute approximate surface area is 193 Å². The second-order valence-electron chi connectivity index (χ2n) is 8.85. The molecule has 1 aliphatic rings. The SMILES string of the molecule is C=CC(C)(C)CCNC(=O)C(CC(=O)O)NC(=O)OCC1c2ccccc2-c2ccccc21. The molecule has 3 N–H and O–H groups in total. The lowest BCUT2D eigenvalue weighted by Crippen LogP contribution is -2.48. The molecule has 7 heteroatoms. The highest BCUT2D eigenvalue weighted by molar-refractivity contribution is 5.89. The molecule has 0 spiro atoms. The first kappa shape index (κ1) is 24.0. The largest absolute Gasteiger partial charge is 0.481 e. The first-order valence-electron chi connectivity index (χ1n) is 11.0. The van der Waals surface area contributed by atoms with Gasteiger partial charge in [0.15, 0.2) is 0 Å². The third kappa shape index (κ3) is 6.00. The van der Waals surface area contributed by atoms with Gasteiger partial charge in [0.1, 0.15) is 12.6 Å². The van der Waals surface area contributed by atoms with Gasteiger partial charge in [0, 0.05) is 12.5 Å². The van der Waals surface area contributed by atoms with Gasteiger partial charge in [-0.2, -0.15) is 0 Å². The summed E-state index contributed by atoms with van der Waals surface area (Å²) >= 11 is 0. The highest BCUT2D eigenvalue weighted by atomic mass is 16.5. The van der Waals surface area contributed by atoms with Gasteiger partial charge in [-0.1, -0.05) is 68.5 Å². The molecule has 0 bridgehead atoms. The maximum atomic E-state index is 12.5. The molecule has 1 unspecified atom stereocenters. The Morgan fingerprint density at radius 3 is 2.21 bits per heavy atom. The van der Waals surface area contributed by atoms with Crippen molar-refractivity contribution in [2.24, 2.45) is 5.41 Å². The zero-order valence-corrected chi connectivity index (χ0v) is 19.0. The average molecular weight is 451 g/mol. The number of alkyl carbamates (subject to hydrolysis) is 1. The first-order chi connectivity index (χ1) is 15.7. The minimum atomic E-state index is -1.23. The summed E-state index contributed by atoms with van der Waals surface area (Å²) in [5, 5.41) is 14.3. The molecule has 3 rings (SSSR count). The highest BCUT2D eigenvalue weighted by Crippen LogP contribution is 2.44. The second-order valence-corrected chi connectivity index (χ2v) is 8.85. The van der Waals surface area contributed by atoms with Crippen LogP contribution < -0.4 is 10.6 Å².